The monoisotopic (exact) mass is 382 g/mol. The Hall–Kier alpha value is -2.34. The topological polar surface area (TPSA) is 0 Å². The van der Waals surface area contributed by atoms with Crippen LogP contribution in [-0.2, 0) is 17.3 Å². The molecular weight excluding hydrogens is 348 g/mol. The van der Waals surface area contributed by atoms with Crippen LogP contribution in [0.15, 0.2) is 48.5 Å². The summed E-state index contributed by atoms with van der Waals surface area (Å²) < 4.78 is 0. The summed E-state index contributed by atoms with van der Waals surface area (Å²) >= 11 is 0. The highest BCUT2D eigenvalue weighted by molar-refractivity contribution is 5.84. The number of benzene rings is 3. The Bertz CT molecular complexity index is 1100. The summed E-state index contributed by atoms with van der Waals surface area (Å²) in [5, 5.41) is 0. The maximum atomic E-state index is 2.49. The van der Waals surface area contributed by atoms with Crippen molar-refractivity contribution in [1.82, 2.24) is 0 Å². The normalized spacial score (nSPS) is 13.4. The zero-order chi connectivity index (χ0) is 21.1. The van der Waals surface area contributed by atoms with Crippen LogP contribution >= 0.6 is 0 Å². The van der Waals surface area contributed by atoms with Gasteiger partial charge in [-0.15, -0.1) is 0 Å². The van der Waals surface area contributed by atoms with Gasteiger partial charge in [0, 0.05) is 0 Å². The minimum atomic E-state index is 0.0894. The first-order valence-electron chi connectivity index (χ1n) is 10.8. The molecule has 0 bridgehead atoms. The summed E-state index contributed by atoms with van der Waals surface area (Å²) in [5.74, 6) is 0. The highest BCUT2D eigenvalue weighted by Crippen LogP contribution is 2.45. The molecule has 0 unspecified atom stereocenters. The van der Waals surface area contributed by atoms with E-state index >= 15 is 0 Å². The molecule has 0 saturated heterocycles. The van der Waals surface area contributed by atoms with E-state index in [9.17, 15) is 0 Å². The van der Waals surface area contributed by atoms with Gasteiger partial charge in [-0.1, -0.05) is 83.5 Å². The fraction of sp³-hybridized carbons (Fsp3) is 0.379. The Morgan fingerprint density at radius 3 is 1.90 bits per heavy atom. The van der Waals surface area contributed by atoms with Gasteiger partial charge in [0.05, 0.1) is 0 Å². The lowest BCUT2D eigenvalue weighted by atomic mass is 9.78. The average Bonchev–Trinajstić information content (AvgIpc) is 2.96. The molecular formula is C29H34. The first-order chi connectivity index (χ1) is 13.4. The molecule has 0 heteroatoms. The molecule has 0 spiro atoms. The maximum Gasteiger partial charge on any atom is -0.00132 e. The SMILES string of the molecule is Cc1ccc(-c2cc3c(cc2C(C)(C)C)-c2cc(C(C)(C)C)ccc2C3)c(C)c1. The van der Waals surface area contributed by atoms with Crippen molar-refractivity contribution in [2.75, 3.05) is 0 Å². The highest BCUT2D eigenvalue weighted by atomic mass is 14.3. The molecule has 1 aliphatic carbocycles. The average molecular weight is 383 g/mol. The summed E-state index contributed by atoms with van der Waals surface area (Å²) in [4.78, 5) is 0. The van der Waals surface area contributed by atoms with Gasteiger partial charge in [0.25, 0.3) is 0 Å². The molecule has 0 atom stereocenters. The van der Waals surface area contributed by atoms with E-state index in [0.717, 1.165) is 6.42 Å². The Balaban J connectivity index is 1.95. The molecule has 1 aliphatic rings. The molecule has 0 heterocycles. The molecule has 0 aliphatic heterocycles. The Kier molecular flexibility index (Phi) is 4.53. The van der Waals surface area contributed by atoms with E-state index in [1.807, 2.05) is 0 Å². The lowest BCUT2D eigenvalue weighted by Gasteiger charge is -2.26. The maximum absolute atomic E-state index is 2.49. The van der Waals surface area contributed by atoms with Crippen molar-refractivity contribution in [3.05, 3.63) is 81.9 Å². The van der Waals surface area contributed by atoms with Gasteiger partial charge < -0.3 is 0 Å². The molecule has 0 N–H and O–H groups in total. The number of aryl methyl sites for hydroxylation is 2. The van der Waals surface area contributed by atoms with Gasteiger partial charge in [0.2, 0.25) is 0 Å². The van der Waals surface area contributed by atoms with Gasteiger partial charge in [-0.2, -0.15) is 0 Å². The zero-order valence-electron chi connectivity index (χ0n) is 19.3. The van der Waals surface area contributed by atoms with E-state index in [-0.39, 0.29) is 10.8 Å². The van der Waals surface area contributed by atoms with Crippen LogP contribution in [0.1, 0.15) is 74.9 Å². The standard InChI is InChI=1S/C29H34/c1-18-9-12-23(19(2)13-18)26-15-21-14-20-10-11-22(28(3,4)5)16-24(20)25(21)17-27(26)29(6,7)8/h9-13,15-17H,14H2,1-8H3. The summed E-state index contributed by atoms with van der Waals surface area (Å²) in [6, 6.07) is 18.9. The third kappa shape index (κ3) is 3.54. The van der Waals surface area contributed by atoms with Crippen LogP contribution in [0.2, 0.25) is 0 Å². The predicted octanol–water partition coefficient (Wildman–Crippen LogP) is 8.14. The fourth-order valence-electron chi connectivity index (χ4n) is 4.65. The van der Waals surface area contributed by atoms with Crippen LogP contribution in [0.25, 0.3) is 22.3 Å². The van der Waals surface area contributed by atoms with Gasteiger partial charge in [-0.3, -0.25) is 0 Å². The largest absolute Gasteiger partial charge is 0.0587 e. The van der Waals surface area contributed by atoms with E-state index < -0.39 is 0 Å². The lowest BCUT2D eigenvalue weighted by Crippen LogP contribution is -2.13. The van der Waals surface area contributed by atoms with Crippen molar-refractivity contribution in [2.45, 2.75) is 72.6 Å². The van der Waals surface area contributed by atoms with E-state index in [0.29, 0.717) is 0 Å². The third-order valence-electron chi connectivity index (χ3n) is 6.37. The fourth-order valence-corrected chi connectivity index (χ4v) is 4.65. The second kappa shape index (κ2) is 6.59. The quantitative estimate of drug-likeness (QED) is 0.312. The molecule has 29 heavy (non-hydrogen) atoms. The molecule has 0 saturated carbocycles. The summed E-state index contributed by atoms with van der Waals surface area (Å²) in [5.41, 5.74) is 14.4. The van der Waals surface area contributed by atoms with Crippen LogP contribution in [0.4, 0.5) is 0 Å². The van der Waals surface area contributed by atoms with Gasteiger partial charge in [0.15, 0.2) is 0 Å². The van der Waals surface area contributed by atoms with Crippen LogP contribution in [-0.4, -0.2) is 0 Å². The Labute approximate surface area is 177 Å². The lowest BCUT2D eigenvalue weighted by molar-refractivity contribution is 0.590. The summed E-state index contributed by atoms with van der Waals surface area (Å²) in [6.07, 6.45) is 1.04. The van der Waals surface area contributed by atoms with Gasteiger partial charge in [0.1, 0.15) is 0 Å². The second-order valence-corrected chi connectivity index (χ2v) is 10.9. The molecule has 3 aromatic rings. The number of fused-ring (bicyclic) bond motifs is 3. The zero-order valence-corrected chi connectivity index (χ0v) is 19.3. The van der Waals surface area contributed by atoms with Crippen molar-refractivity contribution in [1.29, 1.82) is 0 Å². The molecule has 0 aromatic heterocycles. The first-order valence-corrected chi connectivity index (χ1v) is 10.8. The van der Waals surface area contributed by atoms with Crippen LogP contribution < -0.4 is 0 Å². The van der Waals surface area contributed by atoms with Crippen LogP contribution in [0, 0.1) is 13.8 Å². The van der Waals surface area contributed by atoms with Gasteiger partial charge >= 0.3 is 0 Å². The van der Waals surface area contributed by atoms with Crippen molar-refractivity contribution in [3.8, 4) is 22.3 Å². The minimum Gasteiger partial charge on any atom is -0.0587 e. The summed E-state index contributed by atoms with van der Waals surface area (Å²) in [6.45, 7) is 18.3. The molecule has 150 valence electrons. The Morgan fingerprint density at radius 2 is 1.28 bits per heavy atom. The van der Waals surface area contributed by atoms with Crippen LogP contribution in [0.3, 0.4) is 0 Å². The predicted molar refractivity (Wildman–Crippen MR) is 127 cm³/mol. The van der Waals surface area contributed by atoms with Crippen molar-refractivity contribution in [2.24, 2.45) is 0 Å². The second-order valence-electron chi connectivity index (χ2n) is 10.9. The van der Waals surface area contributed by atoms with E-state index in [2.05, 4.69) is 104 Å². The Morgan fingerprint density at radius 1 is 0.586 bits per heavy atom. The van der Waals surface area contributed by atoms with Crippen LogP contribution in [0.5, 0.6) is 0 Å². The number of hydrogen-bond acceptors (Lipinski definition) is 0. The minimum absolute atomic E-state index is 0.0894. The van der Waals surface area contributed by atoms with E-state index in [1.54, 1.807) is 0 Å². The summed E-state index contributed by atoms with van der Waals surface area (Å²) in [7, 11) is 0. The molecule has 0 nitrogen and oxygen atoms in total. The molecule has 0 amide bonds. The molecule has 3 aromatic carbocycles. The smallest absolute Gasteiger partial charge is 0.00132 e. The highest BCUT2D eigenvalue weighted by Gasteiger charge is 2.27. The van der Waals surface area contributed by atoms with Crippen molar-refractivity contribution >= 4 is 0 Å². The molecule has 4 rings (SSSR count). The van der Waals surface area contributed by atoms with Gasteiger partial charge in [-0.25, -0.2) is 0 Å². The van der Waals surface area contributed by atoms with Gasteiger partial charge in [-0.05, 0) is 93.3 Å². The van der Waals surface area contributed by atoms with E-state index in [1.165, 1.54) is 55.6 Å². The third-order valence-corrected chi connectivity index (χ3v) is 6.37. The van der Waals surface area contributed by atoms with E-state index in [4.69, 9.17) is 0 Å². The molecule has 0 fully saturated rings. The molecule has 0 radical (unpaired) electrons. The number of hydrogen-bond donors (Lipinski definition) is 0. The van der Waals surface area contributed by atoms with Crippen molar-refractivity contribution in [3.63, 3.8) is 0 Å². The first kappa shape index (κ1) is 20.0. The van der Waals surface area contributed by atoms with Crippen molar-refractivity contribution < 1.29 is 0 Å². The number of rotatable bonds is 1.